The first-order valence-electron chi connectivity index (χ1n) is 4.15. The minimum Gasteiger partial charge on any atom is -0.361 e. The van der Waals surface area contributed by atoms with Gasteiger partial charge >= 0.3 is 0 Å². The number of aldehydes is 1. The molecule has 0 spiro atoms. The van der Waals surface area contributed by atoms with Crippen molar-refractivity contribution in [1.82, 2.24) is 10.1 Å². The SMILES string of the molecule is Cc1cc(-c2ncccc2C=O)no1. The molecule has 0 aliphatic heterocycles. The van der Waals surface area contributed by atoms with Crippen molar-refractivity contribution in [1.29, 1.82) is 0 Å². The fraction of sp³-hybridized carbons (Fsp3) is 0.100. The minimum absolute atomic E-state index is 0.515. The molecule has 2 heterocycles. The predicted octanol–water partition coefficient (Wildman–Crippen LogP) is 1.86. The number of nitrogens with zero attached hydrogens (tertiary/aromatic N) is 2. The Kier molecular flexibility index (Phi) is 2.10. The molecular formula is C10H8N2O2. The number of hydrogen-bond acceptors (Lipinski definition) is 4. The third-order valence-corrected chi connectivity index (χ3v) is 1.84. The van der Waals surface area contributed by atoms with Crippen LogP contribution in [0.2, 0.25) is 0 Å². The molecule has 0 aliphatic rings. The molecule has 0 unspecified atom stereocenters. The quantitative estimate of drug-likeness (QED) is 0.675. The van der Waals surface area contributed by atoms with E-state index in [1.54, 1.807) is 31.3 Å². The highest BCUT2D eigenvalue weighted by Gasteiger charge is 2.09. The van der Waals surface area contributed by atoms with Crippen LogP contribution in [0.1, 0.15) is 16.1 Å². The molecule has 0 saturated carbocycles. The second kappa shape index (κ2) is 3.41. The number of pyridine rings is 1. The maximum absolute atomic E-state index is 10.7. The van der Waals surface area contributed by atoms with Gasteiger partial charge < -0.3 is 4.52 Å². The van der Waals surface area contributed by atoms with Crippen LogP contribution in [0.15, 0.2) is 28.9 Å². The smallest absolute Gasteiger partial charge is 0.152 e. The zero-order valence-electron chi connectivity index (χ0n) is 7.60. The molecule has 2 aromatic heterocycles. The summed E-state index contributed by atoms with van der Waals surface area (Å²) in [4.78, 5) is 14.8. The molecule has 0 aromatic carbocycles. The predicted molar refractivity (Wildman–Crippen MR) is 49.9 cm³/mol. The summed E-state index contributed by atoms with van der Waals surface area (Å²) in [5, 5.41) is 3.80. The average Bonchev–Trinajstić information content (AvgIpc) is 2.65. The van der Waals surface area contributed by atoms with E-state index in [2.05, 4.69) is 10.1 Å². The van der Waals surface area contributed by atoms with E-state index in [1.807, 2.05) is 0 Å². The molecule has 0 radical (unpaired) electrons. The standard InChI is InChI=1S/C10H8N2O2/c1-7-5-9(12-14-7)10-8(6-13)3-2-4-11-10/h2-6H,1H3. The molecule has 0 aliphatic carbocycles. The number of carbonyl (C=O) groups excluding carboxylic acids is 1. The second-order valence-electron chi connectivity index (χ2n) is 2.88. The lowest BCUT2D eigenvalue weighted by atomic mass is 10.1. The zero-order chi connectivity index (χ0) is 9.97. The van der Waals surface area contributed by atoms with Gasteiger partial charge in [0.1, 0.15) is 17.1 Å². The van der Waals surface area contributed by atoms with Crippen molar-refractivity contribution in [3.05, 3.63) is 35.7 Å². The van der Waals surface area contributed by atoms with Gasteiger partial charge in [0.2, 0.25) is 0 Å². The summed E-state index contributed by atoms with van der Waals surface area (Å²) < 4.78 is 4.91. The van der Waals surface area contributed by atoms with Crippen LogP contribution in [0.4, 0.5) is 0 Å². The third kappa shape index (κ3) is 1.42. The molecule has 0 amide bonds. The van der Waals surface area contributed by atoms with Crippen LogP contribution in [-0.4, -0.2) is 16.4 Å². The third-order valence-electron chi connectivity index (χ3n) is 1.84. The van der Waals surface area contributed by atoms with Gasteiger partial charge in [0.25, 0.3) is 0 Å². The van der Waals surface area contributed by atoms with Crippen molar-refractivity contribution < 1.29 is 9.32 Å². The molecule has 0 atom stereocenters. The first kappa shape index (κ1) is 8.62. The molecule has 0 fully saturated rings. The first-order valence-corrected chi connectivity index (χ1v) is 4.15. The van der Waals surface area contributed by atoms with Crippen molar-refractivity contribution >= 4 is 6.29 Å². The van der Waals surface area contributed by atoms with Crippen LogP contribution in [0.5, 0.6) is 0 Å². The Morgan fingerprint density at radius 2 is 2.36 bits per heavy atom. The summed E-state index contributed by atoms with van der Waals surface area (Å²) in [5.41, 5.74) is 1.66. The number of carbonyl (C=O) groups is 1. The molecule has 4 heteroatoms. The summed E-state index contributed by atoms with van der Waals surface area (Å²) in [6.07, 6.45) is 2.37. The van der Waals surface area contributed by atoms with E-state index in [0.717, 1.165) is 6.29 Å². The molecule has 2 aromatic rings. The summed E-state index contributed by atoms with van der Waals surface area (Å²) in [5.74, 6) is 0.697. The Morgan fingerprint density at radius 1 is 1.50 bits per heavy atom. The van der Waals surface area contributed by atoms with E-state index in [4.69, 9.17) is 4.52 Å². The lowest BCUT2D eigenvalue weighted by Gasteiger charge is -1.96. The largest absolute Gasteiger partial charge is 0.361 e. The maximum atomic E-state index is 10.7. The van der Waals surface area contributed by atoms with E-state index in [1.165, 1.54) is 0 Å². The molecule has 0 N–H and O–H groups in total. The van der Waals surface area contributed by atoms with Crippen molar-refractivity contribution in [2.45, 2.75) is 6.92 Å². The lowest BCUT2D eigenvalue weighted by molar-refractivity contribution is 0.112. The van der Waals surface area contributed by atoms with Gasteiger partial charge in [-0.25, -0.2) is 0 Å². The number of rotatable bonds is 2. The normalized spacial score (nSPS) is 10.1. The van der Waals surface area contributed by atoms with E-state index in [-0.39, 0.29) is 0 Å². The summed E-state index contributed by atoms with van der Waals surface area (Å²) in [6, 6.07) is 5.15. The summed E-state index contributed by atoms with van der Waals surface area (Å²) in [6.45, 7) is 1.79. The Bertz CT molecular complexity index is 463. The number of aryl methyl sites for hydroxylation is 1. The van der Waals surface area contributed by atoms with Gasteiger partial charge in [0.15, 0.2) is 6.29 Å². The highest BCUT2D eigenvalue weighted by atomic mass is 16.5. The molecule has 70 valence electrons. The van der Waals surface area contributed by atoms with E-state index < -0.39 is 0 Å². The summed E-state index contributed by atoms with van der Waals surface area (Å²) >= 11 is 0. The van der Waals surface area contributed by atoms with Crippen molar-refractivity contribution in [2.75, 3.05) is 0 Å². The van der Waals surface area contributed by atoms with Gasteiger partial charge in [0, 0.05) is 17.8 Å². The minimum atomic E-state index is 0.515. The van der Waals surface area contributed by atoms with Crippen molar-refractivity contribution in [3.8, 4) is 11.4 Å². The van der Waals surface area contributed by atoms with Crippen molar-refractivity contribution in [2.24, 2.45) is 0 Å². The first-order chi connectivity index (χ1) is 6.81. The fourth-order valence-electron chi connectivity index (χ4n) is 1.20. The van der Waals surface area contributed by atoms with Gasteiger partial charge in [-0.3, -0.25) is 9.78 Å². The highest BCUT2D eigenvalue weighted by Crippen LogP contribution is 2.18. The number of hydrogen-bond donors (Lipinski definition) is 0. The monoisotopic (exact) mass is 188 g/mol. The van der Waals surface area contributed by atoms with Gasteiger partial charge in [0.05, 0.1) is 0 Å². The average molecular weight is 188 g/mol. The Balaban J connectivity index is 2.55. The Labute approximate surface area is 80.6 Å². The maximum Gasteiger partial charge on any atom is 0.152 e. The van der Waals surface area contributed by atoms with Gasteiger partial charge in [-0.2, -0.15) is 0 Å². The molecule has 2 rings (SSSR count). The molecule has 14 heavy (non-hydrogen) atoms. The van der Waals surface area contributed by atoms with E-state index in [0.29, 0.717) is 22.7 Å². The number of aromatic nitrogens is 2. The van der Waals surface area contributed by atoms with Crippen LogP contribution in [0.25, 0.3) is 11.4 Å². The van der Waals surface area contributed by atoms with Crippen LogP contribution in [0.3, 0.4) is 0 Å². The molecule has 0 saturated heterocycles. The van der Waals surface area contributed by atoms with Crippen LogP contribution in [-0.2, 0) is 0 Å². The fourth-order valence-corrected chi connectivity index (χ4v) is 1.20. The highest BCUT2D eigenvalue weighted by molar-refractivity contribution is 5.84. The lowest BCUT2D eigenvalue weighted by Crippen LogP contribution is -1.90. The van der Waals surface area contributed by atoms with Gasteiger partial charge in [-0.1, -0.05) is 5.16 Å². The Morgan fingerprint density at radius 3 is 3.00 bits per heavy atom. The summed E-state index contributed by atoms with van der Waals surface area (Å²) in [7, 11) is 0. The van der Waals surface area contributed by atoms with Crippen LogP contribution >= 0.6 is 0 Å². The second-order valence-corrected chi connectivity index (χ2v) is 2.88. The van der Waals surface area contributed by atoms with Gasteiger partial charge in [-0.05, 0) is 19.1 Å². The van der Waals surface area contributed by atoms with E-state index >= 15 is 0 Å². The van der Waals surface area contributed by atoms with Crippen LogP contribution in [0, 0.1) is 6.92 Å². The van der Waals surface area contributed by atoms with Crippen molar-refractivity contribution in [3.63, 3.8) is 0 Å². The zero-order valence-corrected chi connectivity index (χ0v) is 7.60. The molecular weight excluding hydrogens is 180 g/mol. The molecule has 0 bridgehead atoms. The molecule has 4 nitrogen and oxygen atoms in total. The van der Waals surface area contributed by atoms with Gasteiger partial charge in [-0.15, -0.1) is 0 Å². The topological polar surface area (TPSA) is 56.0 Å². The van der Waals surface area contributed by atoms with Crippen LogP contribution < -0.4 is 0 Å². The van der Waals surface area contributed by atoms with E-state index in [9.17, 15) is 4.79 Å². The Hall–Kier alpha value is -1.97.